The van der Waals surface area contributed by atoms with Crippen molar-refractivity contribution in [3.05, 3.63) is 42.5 Å². The van der Waals surface area contributed by atoms with Gasteiger partial charge in [0.2, 0.25) is 10.0 Å². The lowest BCUT2D eigenvalue weighted by Gasteiger charge is -2.34. The molecule has 162 valence electrons. The number of hydrogen-bond donors (Lipinski definition) is 1. The molecule has 1 aliphatic heterocycles. The molecule has 0 bridgehead atoms. The van der Waals surface area contributed by atoms with E-state index in [9.17, 15) is 18.3 Å². The molecule has 2 aromatic carbocycles. The average molecular weight is 436 g/mol. The number of methoxy groups -OCH3 is 2. The van der Waals surface area contributed by atoms with Crippen molar-refractivity contribution in [3.63, 3.8) is 0 Å². The van der Waals surface area contributed by atoms with Crippen LogP contribution in [0, 0.1) is 0 Å². The van der Waals surface area contributed by atoms with Crippen molar-refractivity contribution in [3.8, 4) is 23.0 Å². The number of piperazine rings is 1. The molecule has 0 radical (unpaired) electrons. The van der Waals surface area contributed by atoms with Crippen molar-refractivity contribution in [2.75, 3.05) is 47.0 Å². The molecule has 0 atom stereocenters. The van der Waals surface area contributed by atoms with E-state index in [1.54, 1.807) is 29.2 Å². The number of hydrogen-bond acceptors (Lipinski definition) is 7. The standard InChI is InChI=1S/C20H24N2O7S/c1-27-18-8-7-15(13-19(18)28-2)30(25,26)22-11-9-21(10-12-22)20(24)14-29-17-6-4-3-5-16(17)23/h3-8,13,23H,9-12,14H2,1-2H3. The average Bonchev–Trinajstić information content (AvgIpc) is 2.77. The molecule has 30 heavy (non-hydrogen) atoms. The highest BCUT2D eigenvalue weighted by Gasteiger charge is 2.31. The summed E-state index contributed by atoms with van der Waals surface area (Å²) in [6.07, 6.45) is 0. The van der Waals surface area contributed by atoms with E-state index in [1.165, 1.54) is 36.7 Å². The Balaban J connectivity index is 1.60. The minimum absolute atomic E-state index is 0.0452. The predicted molar refractivity (Wildman–Crippen MR) is 108 cm³/mol. The Morgan fingerprint density at radius 2 is 1.63 bits per heavy atom. The van der Waals surface area contributed by atoms with Gasteiger partial charge in [-0.25, -0.2) is 8.42 Å². The number of phenolic OH excluding ortho intramolecular Hbond substituents is 1. The second kappa shape index (κ2) is 9.23. The molecule has 1 N–H and O–H groups in total. The summed E-state index contributed by atoms with van der Waals surface area (Å²) in [6, 6.07) is 10.8. The maximum atomic E-state index is 13.0. The molecule has 0 aromatic heterocycles. The number of para-hydroxylation sites is 2. The third-order valence-corrected chi connectivity index (χ3v) is 6.70. The fourth-order valence-corrected chi connectivity index (χ4v) is 4.55. The van der Waals surface area contributed by atoms with Crippen LogP contribution in [0.1, 0.15) is 0 Å². The largest absolute Gasteiger partial charge is 0.504 e. The van der Waals surface area contributed by atoms with Gasteiger partial charge in [-0.1, -0.05) is 12.1 Å². The van der Waals surface area contributed by atoms with Gasteiger partial charge in [-0.15, -0.1) is 0 Å². The number of rotatable bonds is 7. The zero-order valence-corrected chi connectivity index (χ0v) is 17.6. The Morgan fingerprint density at radius 1 is 0.967 bits per heavy atom. The summed E-state index contributed by atoms with van der Waals surface area (Å²) >= 11 is 0. The summed E-state index contributed by atoms with van der Waals surface area (Å²) in [7, 11) is -0.816. The fourth-order valence-electron chi connectivity index (χ4n) is 3.11. The summed E-state index contributed by atoms with van der Waals surface area (Å²) in [5.74, 6) is 0.670. The molecular weight excluding hydrogens is 412 g/mol. The second-order valence-corrected chi connectivity index (χ2v) is 8.50. The van der Waals surface area contributed by atoms with Crippen molar-refractivity contribution < 1.29 is 32.5 Å². The van der Waals surface area contributed by atoms with Gasteiger partial charge in [-0.05, 0) is 24.3 Å². The monoisotopic (exact) mass is 436 g/mol. The first-order chi connectivity index (χ1) is 14.4. The molecule has 9 nitrogen and oxygen atoms in total. The van der Waals surface area contributed by atoms with Crippen LogP contribution in [-0.2, 0) is 14.8 Å². The smallest absolute Gasteiger partial charge is 0.260 e. The first-order valence-corrected chi connectivity index (χ1v) is 10.7. The molecule has 0 unspecified atom stereocenters. The highest BCUT2D eigenvalue weighted by Crippen LogP contribution is 2.31. The molecule has 1 heterocycles. The number of carbonyl (C=O) groups is 1. The molecule has 2 aromatic rings. The van der Waals surface area contributed by atoms with Crippen LogP contribution in [0.25, 0.3) is 0 Å². The number of amides is 1. The van der Waals surface area contributed by atoms with E-state index in [0.717, 1.165) is 0 Å². The van der Waals surface area contributed by atoms with E-state index in [-0.39, 0.29) is 55.1 Å². The van der Waals surface area contributed by atoms with Gasteiger partial charge in [-0.2, -0.15) is 4.31 Å². The summed E-state index contributed by atoms with van der Waals surface area (Å²) in [5, 5.41) is 9.70. The second-order valence-electron chi connectivity index (χ2n) is 6.56. The number of sulfonamides is 1. The molecule has 3 rings (SSSR count). The first kappa shape index (κ1) is 21.7. The number of nitrogens with zero attached hydrogens (tertiary/aromatic N) is 2. The maximum absolute atomic E-state index is 13.0. The summed E-state index contributed by atoms with van der Waals surface area (Å²) in [5.41, 5.74) is 0. The lowest BCUT2D eigenvalue weighted by molar-refractivity contribution is -0.134. The van der Waals surface area contributed by atoms with Crippen molar-refractivity contribution >= 4 is 15.9 Å². The number of aromatic hydroxyl groups is 1. The highest BCUT2D eigenvalue weighted by molar-refractivity contribution is 7.89. The van der Waals surface area contributed by atoms with Crippen molar-refractivity contribution in [2.45, 2.75) is 4.90 Å². The van der Waals surface area contributed by atoms with Crippen LogP contribution < -0.4 is 14.2 Å². The molecule has 0 aliphatic carbocycles. The molecule has 0 spiro atoms. The van der Waals surface area contributed by atoms with Crippen LogP contribution in [0.3, 0.4) is 0 Å². The van der Waals surface area contributed by atoms with E-state index in [4.69, 9.17) is 14.2 Å². The van der Waals surface area contributed by atoms with Gasteiger partial charge in [0.1, 0.15) is 0 Å². The predicted octanol–water partition coefficient (Wildman–Crippen LogP) is 1.32. The van der Waals surface area contributed by atoms with Gasteiger partial charge in [0.15, 0.2) is 29.6 Å². The van der Waals surface area contributed by atoms with Crippen LogP contribution in [0.5, 0.6) is 23.0 Å². The molecule has 0 saturated carbocycles. The van der Waals surface area contributed by atoms with Gasteiger partial charge >= 0.3 is 0 Å². The number of ether oxygens (including phenoxy) is 3. The van der Waals surface area contributed by atoms with Crippen LogP contribution in [-0.4, -0.2) is 75.6 Å². The molecule has 1 amide bonds. The topological polar surface area (TPSA) is 106 Å². The Hall–Kier alpha value is -2.98. The molecule has 1 fully saturated rings. The Morgan fingerprint density at radius 3 is 2.27 bits per heavy atom. The SMILES string of the molecule is COc1ccc(S(=O)(=O)N2CCN(C(=O)COc3ccccc3O)CC2)cc1OC. The van der Waals surface area contributed by atoms with Gasteiger partial charge in [0.25, 0.3) is 5.91 Å². The lowest BCUT2D eigenvalue weighted by Crippen LogP contribution is -2.51. The Labute approximate surface area is 175 Å². The highest BCUT2D eigenvalue weighted by atomic mass is 32.2. The summed E-state index contributed by atoms with van der Waals surface area (Å²) < 4.78 is 42.9. The Bertz CT molecular complexity index is 1000. The molecule has 1 aliphatic rings. The van der Waals surface area contributed by atoms with Crippen molar-refractivity contribution in [1.82, 2.24) is 9.21 Å². The van der Waals surface area contributed by atoms with Crippen LogP contribution in [0.4, 0.5) is 0 Å². The third kappa shape index (κ3) is 4.60. The van der Waals surface area contributed by atoms with Gasteiger partial charge in [-0.3, -0.25) is 4.79 Å². The number of carbonyl (C=O) groups excluding carboxylic acids is 1. The maximum Gasteiger partial charge on any atom is 0.260 e. The zero-order valence-electron chi connectivity index (χ0n) is 16.8. The molecule has 10 heteroatoms. The van der Waals surface area contributed by atoms with Gasteiger partial charge in [0, 0.05) is 32.2 Å². The molecular formula is C20H24N2O7S. The fraction of sp³-hybridized carbons (Fsp3) is 0.350. The van der Waals surface area contributed by atoms with Crippen molar-refractivity contribution in [1.29, 1.82) is 0 Å². The zero-order chi connectivity index (χ0) is 21.7. The minimum atomic E-state index is -3.73. The van der Waals surface area contributed by atoms with E-state index < -0.39 is 10.0 Å². The normalized spacial score (nSPS) is 14.9. The van der Waals surface area contributed by atoms with Crippen LogP contribution in [0.15, 0.2) is 47.4 Å². The Kier molecular flexibility index (Phi) is 6.68. The first-order valence-electron chi connectivity index (χ1n) is 9.27. The molecule has 1 saturated heterocycles. The quantitative estimate of drug-likeness (QED) is 0.698. The third-order valence-electron chi connectivity index (χ3n) is 4.80. The van der Waals surface area contributed by atoms with Crippen LogP contribution in [0.2, 0.25) is 0 Å². The number of phenols is 1. The van der Waals surface area contributed by atoms with Crippen LogP contribution >= 0.6 is 0 Å². The summed E-state index contributed by atoms with van der Waals surface area (Å²) in [6.45, 7) is 0.586. The van der Waals surface area contributed by atoms with E-state index in [1.807, 2.05) is 0 Å². The number of benzene rings is 2. The van der Waals surface area contributed by atoms with E-state index >= 15 is 0 Å². The lowest BCUT2D eigenvalue weighted by atomic mass is 10.3. The van der Waals surface area contributed by atoms with Gasteiger partial charge in [0.05, 0.1) is 19.1 Å². The van der Waals surface area contributed by atoms with Crippen molar-refractivity contribution in [2.24, 2.45) is 0 Å². The van der Waals surface area contributed by atoms with E-state index in [2.05, 4.69) is 0 Å². The van der Waals surface area contributed by atoms with E-state index in [0.29, 0.717) is 11.5 Å². The van der Waals surface area contributed by atoms with Gasteiger partial charge < -0.3 is 24.2 Å². The summed E-state index contributed by atoms with van der Waals surface area (Å²) in [4.78, 5) is 14.0. The minimum Gasteiger partial charge on any atom is -0.504 e.